The second-order valence-corrected chi connectivity index (χ2v) is 13.5. The molecule has 2 unspecified atom stereocenters. The highest BCUT2D eigenvalue weighted by molar-refractivity contribution is 6.30. The molecule has 11 heteroatoms. The maximum absolute atomic E-state index is 14.5. The number of carbonyl (C=O) groups is 3. The van der Waals surface area contributed by atoms with E-state index in [4.69, 9.17) is 16.7 Å². The molecule has 2 fully saturated rings. The van der Waals surface area contributed by atoms with Crippen LogP contribution >= 0.6 is 11.6 Å². The van der Waals surface area contributed by atoms with Crippen molar-refractivity contribution in [3.8, 4) is 0 Å². The minimum absolute atomic E-state index is 0.00161. The van der Waals surface area contributed by atoms with Crippen LogP contribution in [0.5, 0.6) is 0 Å². The smallest absolute Gasteiger partial charge is 0.416 e. The topological polar surface area (TPSA) is 98.7 Å². The van der Waals surface area contributed by atoms with E-state index in [1.807, 2.05) is 11.8 Å². The van der Waals surface area contributed by atoms with Crippen LogP contribution < -0.4 is 10.6 Å². The Bertz CT molecular complexity index is 1390. The number of hydrogen-bond acceptors (Lipinski definition) is 4. The molecule has 0 bridgehead atoms. The Morgan fingerprint density at radius 3 is 2.31 bits per heavy atom. The van der Waals surface area contributed by atoms with Gasteiger partial charge in [-0.3, -0.25) is 19.7 Å². The van der Waals surface area contributed by atoms with Crippen molar-refractivity contribution in [2.45, 2.75) is 103 Å². The van der Waals surface area contributed by atoms with E-state index >= 15 is 0 Å². The first kappa shape index (κ1) is 34.8. The van der Waals surface area contributed by atoms with Crippen molar-refractivity contribution in [3.05, 3.63) is 69.7 Å². The second-order valence-electron chi connectivity index (χ2n) is 13.0. The minimum Gasteiger partial charge on any atom is -0.481 e. The number of amides is 2. The van der Waals surface area contributed by atoms with E-state index in [1.165, 1.54) is 6.07 Å². The first-order valence-electron chi connectivity index (χ1n) is 15.7. The average Bonchev–Trinajstić information content (AvgIpc) is 3.26. The molecular formula is C34H43ClF3N3O4. The van der Waals surface area contributed by atoms with Crippen molar-refractivity contribution in [2.75, 3.05) is 6.54 Å². The normalized spacial score (nSPS) is 22.9. The molecule has 2 aromatic rings. The summed E-state index contributed by atoms with van der Waals surface area (Å²) in [7, 11) is 0. The van der Waals surface area contributed by atoms with E-state index in [2.05, 4.69) is 31.4 Å². The van der Waals surface area contributed by atoms with Gasteiger partial charge in [0.05, 0.1) is 23.7 Å². The Morgan fingerprint density at radius 1 is 1.11 bits per heavy atom. The predicted molar refractivity (Wildman–Crippen MR) is 167 cm³/mol. The Balaban J connectivity index is 1.71. The van der Waals surface area contributed by atoms with Crippen molar-refractivity contribution in [1.82, 2.24) is 15.5 Å². The number of carboxylic acids is 1. The van der Waals surface area contributed by atoms with Crippen molar-refractivity contribution in [1.29, 1.82) is 0 Å². The van der Waals surface area contributed by atoms with Crippen molar-refractivity contribution in [3.63, 3.8) is 0 Å². The Kier molecular flexibility index (Phi) is 10.6. The van der Waals surface area contributed by atoms with Crippen LogP contribution in [0.1, 0.15) is 118 Å². The summed E-state index contributed by atoms with van der Waals surface area (Å²) >= 11 is 6.16. The fraction of sp³-hybridized carbons (Fsp3) is 0.559. The van der Waals surface area contributed by atoms with Crippen LogP contribution in [-0.4, -0.2) is 40.0 Å². The lowest BCUT2D eigenvalue weighted by Crippen LogP contribution is -2.56. The third-order valence-electron chi connectivity index (χ3n) is 9.82. The molecular weight excluding hydrogens is 607 g/mol. The van der Waals surface area contributed by atoms with Crippen LogP contribution in [0.15, 0.2) is 42.5 Å². The average molecular weight is 650 g/mol. The molecule has 2 atom stereocenters. The van der Waals surface area contributed by atoms with Gasteiger partial charge in [-0.25, -0.2) is 0 Å². The number of benzene rings is 2. The molecule has 1 aliphatic carbocycles. The lowest BCUT2D eigenvalue weighted by atomic mass is 9.67. The fourth-order valence-electron chi connectivity index (χ4n) is 6.88. The van der Waals surface area contributed by atoms with Gasteiger partial charge in [0.1, 0.15) is 6.04 Å². The van der Waals surface area contributed by atoms with Gasteiger partial charge < -0.3 is 15.3 Å². The third-order valence-corrected chi connectivity index (χ3v) is 10.0. The molecule has 1 saturated carbocycles. The van der Waals surface area contributed by atoms with E-state index in [0.717, 1.165) is 43.4 Å². The molecule has 1 spiro atoms. The van der Waals surface area contributed by atoms with Gasteiger partial charge in [0.15, 0.2) is 0 Å². The molecule has 2 aromatic carbocycles. The summed E-state index contributed by atoms with van der Waals surface area (Å²) < 4.78 is 41.3. The summed E-state index contributed by atoms with van der Waals surface area (Å²) in [6.45, 7) is 8.71. The van der Waals surface area contributed by atoms with E-state index in [0.29, 0.717) is 30.7 Å². The maximum atomic E-state index is 14.5. The van der Waals surface area contributed by atoms with Crippen molar-refractivity contribution in [2.24, 2.45) is 11.3 Å². The van der Waals surface area contributed by atoms with Gasteiger partial charge >= 0.3 is 12.1 Å². The minimum atomic E-state index is -4.62. The number of hydrogen-bond donors (Lipinski definition) is 3. The molecule has 45 heavy (non-hydrogen) atoms. The largest absolute Gasteiger partial charge is 0.481 e. The second kappa shape index (κ2) is 13.7. The molecule has 3 N–H and O–H groups in total. The van der Waals surface area contributed by atoms with Gasteiger partial charge in [-0.2, -0.15) is 13.2 Å². The predicted octanol–water partition coefficient (Wildman–Crippen LogP) is 7.90. The summed E-state index contributed by atoms with van der Waals surface area (Å²) in [5.41, 5.74) is -0.197. The Morgan fingerprint density at radius 2 is 1.76 bits per heavy atom. The number of carbonyl (C=O) groups excluding carboxylic acids is 2. The first-order chi connectivity index (χ1) is 21.1. The van der Waals surface area contributed by atoms with Crippen LogP contribution in [0, 0.1) is 11.3 Å². The zero-order valence-corrected chi connectivity index (χ0v) is 27.0. The SMILES string of the molecule is CCCC(c1ccc(C(=O)NCCC(=O)O)cc1)N1C(=O)C(c2cc(Cl)cc(C(F)(F)F)c2)NC12CCC(C(C)(C)CC)CC2. The van der Waals surface area contributed by atoms with Gasteiger partial charge in [-0.1, -0.05) is 64.3 Å². The monoisotopic (exact) mass is 649 g/mol. The first-order valence-corrected chi connectivity index (χ1v) is 16.1. The highest BCUT2D eigenvalue weighted by atomic mass is 35.5. The molecule has 0 radical (unpaired) electrons. The summed E-state index contributed by atoms with van der Waals surface area (Å²) in [6.07, 6.45) is 0.593. The molecule has 0 aromatic heterocycles. The Hall–Kier alpha value is -3.11. The van der Waals surface area contributed by atoms with Gasteiger partial charge in [0.2, 0.25) is 5.91 Å². The third kappa shape index (κ3) is 7.65. The van der Waals surface area contributed by atoms with Gasteiger partial charge in [0, 0.05) is 17.1 Å². The van der Waals surface area contributed by atoms with E-state index in [1.54, 1.807) is 24.3 Å². The van der Waals surface area contributed by atoms with E-state index < -0.39 is 35.3 Å². The summed E-state index contributed by atoms with van der Waals surface area (Å²) in [4.78, 5) is 39.7. The zero-order chi connectivity index (χ0) is 33.2. The molecule has 7 nitrogen and oxygen atoms in total. The molecule has 4 rings (SSSR count). The van der Waals surface area contributed by atoms with Crippen LogP contribution in [0.3, 0.4) is 0 Å². The molecule has 1 saturated heterocycles. The number of aliphatic carboxylic acids is 1. The van der Waals surface area contributed by atoms with Gasteiger partial charge in [-0.05, 0) is 84.9 Å². The van der Waals surface area contributed by atoms with E-state index in [-0.39, 0.29) is 40.9 Å². The zero-order valence-electron chi connectivity index (χ0n) is 26.3. The Labute approximate surface area is 267 Å². The molecule has 2 amide bonds. The number of rotatable bonds is 11. The number of halogens is 4. The lowest BCUT2D eigenvalue weighted by molar-refractivity contribution is -0.139. The lowest BCUT2D eigenvalue weighted by Gasteiger charge is -2.49. The summed E-state index contributed by atoms with van der Waals surface area (Å²) in [5, 5.41) is 14.9. The van der Waals surface area contributed by atoms with Crippen LogP contribution in [0.4, 0.5) is 13.2 Å². The maximum Gasteiger partial charge on any atom is 0.416 e. The van der Waals surface area contributed by atoms with Crippen molar-refractivity contribution >= 4 is 29.4 Å². The quantitative estimate of drug-likeness (QED) is 0.230. The van der Waals surface area contributed by atoms with Crippen LogP contribution in [0.25, 0.3) is 0 Å². The number of nitrogens with zero attached hydrogens (tertiary/aromatic N) is 1. The standard InChI is InChI=1S/C34H43ClF3N3O4/c1-5-7-27(21-8-10-22(11-9-21)30(44)39-17-14-28(42)43)41-31(45)29(23-18-25(34(36,37)38)20-26(35)19-23)40-33(41)15-12-24(13-16-33)32(3,4)6-2/h8-11,18-20,24,27,29,40H,5-7,12-17H2,1-4H3,(H,39,44)(H,42,43). The highest BCUT2D eigenvalue weighted by Crippen LogP contribution is 2.51. The fourth-order valence-corrected chi connectivity index (χ4v) is 7.12. The van der Waals surface area contributed by atoms with Gasteiger partial charge in [-0.15, -0.1) is 0 Å². The molecule has 246 valence electrons. The number of carboxylic acid groups (broad SMARTS) is 1. The molecule has 1 heterocycles. The van der Waals surface area contributed by atoms with Crippen LogP contribution in [0.2, 0.25) is 5.02 Å². The van der Waals surface area contributed by atoms with Gasteiger partial charge in [0.25, 0.3) is 5.91 Å². The van der Waals surface area contributed by atoms with Crippen molar-refractivity contribution < 1.29 is 32.7 Å². The number of nitrogens with one attached hydrogen (secondary N) is 2. The van der Waals surface area contributed by atoms with Crippen LogP contribution in [-0.2, 0) is 15.8 Å². The molecule has 2 aliphatic rings. The summed E-state index contributed by atoms with van der Waals surface area (Å²) in [5.74, 6) is -1.27. The number of alkyl halides is 3. The molecule has 1 aliphatic heterocycles. The van der Waals surface area contributed by atoms with E-state index in [9.17, 15) is 27.6 Å². The summed E-state index contributed by atoms with van der Waals surface area (Å²) in [6, 6.07) is 8.83. The highest BCUT2D eigenvalue weighted by Gasteiger charge is 2.55.